The number of ether oxygens (including phenoxy) is 1. The number of thiocarbonyl (C=S) groups is 1. The fourth-order valence-corrected chi connectivity index (χ4v) is 3.81. The van der Waals surface area contributed by atoms with Gasteiger partial charge in [-0.1, -0.05) is 23.9 Å². The molecule has 1 aromatic carbocycles. The first-order valence-corrected chi connectivity index (χ1v) is 7.72. The maximum Gasteiger partial charge on any atom is 0.299 e. The molecule has 0 aliphatic carbocycles. The molecule has 104 valence electrons. The zero-order chi connectivity index (χ0) is 14.3. The molecule has 0 unspecified atom stereocenters. The Morgan fingerprint density at radius 3 is 2.55 bits per heavy atom. The molecular weight excluding hydrogens is 292 g/mol. The van der Waals surface area contributed by atoms with E-state index in [1.807, 2.05) is 25.1 Å². The molecule has 0 bridgehead atoms. The van der Waals surface area contributed by atoms with E-state index < -0.39 is 0 Å². The van der Waals surface area contributed by atoms with Crippen LogP contribution < -0.4 is 4.90 Å². The van der Waals surface area contributed by atoms with Gasteiger partial charge in [-0.15, -0.1) is 0 Å². The Morgan fingerprint density at radius 2 is 1.90 bits per heavy atom. The van der Waals surface area contributed by atoms with Crippen molar-refractivity contribution in [3.63, 3.8) is 0 Å². The van der Waals surface area contributed by atoms with E-state index in [2.05, 4.69) is 17.9 Å². The molecule has 1 saturated heterocycles. The van der Waals surface area contributed by atoms with Gasteiger partial charge in [-0.3, -0.25) is 9.69 Å². The third-order valence-electron chi connectivity index (χ3n) is 3.28. The third kappa shape index (κ3) is 1.91. The molecule has 4 nitrogen and oxygen atoms in total. The van der Waals surface area contributed by atoms with Gasteiger partial charge in [0.05, 0.1) is 5.69 Å². The van der Waals surface area contributed by atoms with E-state index in [1.54, 1.807) is 11.8 Å². The standard InChI is InChI=1S/C14H14N2O2S2/c1-3-15-9-7-5-6-8-10(9)20-13(15)11-12(17)16(4-2)14(19)18-11/h5-8H,3-4H2,1-2H3. The quantitative estimate of drug-likeness (QED) is 0.620. The van der Waals surface area contributed by atoms with Crippen LogP contribution in [0.1, 0.15) is 13.8 Å². The fraction of sp³-hybridized carbons (Fsp3) is 0.286. The number of amides is 1. The molecule has 0 aromatic heterocycles. The summed E-state index contributed by atoms with van der Waals surface area (Å²) >= 11 is 6.67. The summed E-state index contributed by atoms with van der Waals surface area (Å²) in [6.07, 6.45) is 0. The number of hydrogen-bond donors (Lipinski definition) is 0. The van der Waals surface area contributed by atoms with Crippen LogP contribution in [0.5, 0.6) is 0 Å². The van der Waals surface area contributed by atoms with E-state index in [4.69, 9.17) is 17.0 Å². The van der Waals surface area contributed by atoms with Gasteiger partial charge in [0.25, 0.3) is 11.1 Å². The van der Waals surface area contributed by atoms with E-state index in [9.17, 15) is 4.79 Å². The number of rotatable bonds is 2. The summed E-state index contributed by atoms with van der Waals surface area (Å²) in [5.41, 5.74) is 1.11. The predicted octanol–water partition coefficient (Wildman–Crippen LogP) is 2.95. The van der Waals surface area contributed by atoms with Crippen molar-refractivity contribution >= 4 is 40.7 Å². The van der Waals surface area contributed by atoms with Crippen molar-refractivity contribution < 1.29 is 9.53 Å². The minimum atomic E-state index is -0.147. The van der Waals surface area contributed by atoms with Gasteiger partial charge in [0.2, 0.25) is 5.76 Å². The van der Waals surface area contributed by atoms with Gasteiger partial charge in [0, 0.05) is 18.0 Å². The summed E-state index contributed by atoms with van der Waals surface area (Å²) in [7, 11) is 0. The molecule has 2 aliphatic rings. The van der Waals surface area contributed by atoms with Gasteiger partial charge >= 0.3 is 0 Å². The highest BCUT2D eigenvalue weighted by atomic mass is 32.2. The normalized spacial score (nSPS) is 21.5. The Balaban J connectivity index is 2.06. The second-order valence-corrected chi connectivity index (χ2v) is 5.75. The van der Waals surface area contributed by atoms with Crippen LogP contribution in [0, 0.1) is 0 Å². The molecule has 1 aromatic rings. The van der Waals surface area contributed by atoms with Crippen molar-refractivity contribution in [2.75, 3.05) is 18.0 Å². The Labute approximate surface area is 127 Å². The second-order valence-electron chi connectivity index (χ2n) is 4.37. The van der Waals surface area contributed by atoms with Gasteiger partial charge in [-0.25, -0.2) is 0 Å². The van der Waals surface area contributed by atoms with Crippen molar-refractivity contribution in [1.29, 1.82) is 0 Å². The number of para-hydroxylation sites is 1. The number of likely N-dealkylation sites (N-methyl/N-ethyl adjacent to an activating group) is 1. The van der Waals surface area contributed by atoms with Crippen molar-refractivity contribution in [3.8, 4) is 0 Å². The first-order chi connectivity index (χ1) is 9.67. The largest absolute Gasteiger partial charge is 0.423 e. The van der Waals surface area contributed by atoms with Crippen molar-refractivity contribution in [1.82, 2.24) is 4.90 Å². The van der Waals surface area contributed by atoms with Crippen LogP contribution in [-0.2, 0) is 9.53 Å². The minimum Gasteiger partial charge on any atom is -0.423 e. The molecule has 1 fully saturated rings. The number of hydrogen-bond acceptors (Lipinski definition) is 5. The molecule has 0 radical (unpaired) electrons. The number of anilines is 1. The fourth-order valence-electron chi connectivity index (χ4n) is 2.32. The van der Waals surface area contributed by atoms with Crippen LogP contribution in [0.4, 0.5) is 5.69 Å². The van der Waals surface area contributed by atoms with Gasteiger partial charge in [0.1, 0.15) is 5.03 Å². The number of benzene rings is 1. The lowest BCUT2D eigenvalue weighted by Gasteiger charge is -2.18. The lowest BCUT2D eigenvalue weighted by Crippen LogP contribution is -2.28. The smallest absolute Gasteiger partial charge is 0.299 e. The van der Waals surface area contributed by atoms with Gasteiger partial charge in [-0.05, 0) is 38.2 Å². The second kappa shape index (κ2) is 5.10. The Kier molecular flexibility index (Phi) is 3.43. The van der Waals surface area contributed by atoms with Crippen molar-refractivity contribution in [2.24, 2.45) is 0 Å². The molecule has 0 saturated carbocycles. The van der Waals surface area contributed by atoms with E-state index in [0.29, 0.717) is 12.3 Å². The molecular formula is C14H14N2O2S2. The monoisotopic (exact) mass is 306 g/mol. The zero-order valence-electron chi connectivity index (χ0n) is 11.3. The maximum absolute atomic E-state index is 12.4. The number of carbonyl (C=O) groups excluding carboxylic acids is 1. The SMILES string of the molecule is CCN1C(=O)C(=C2Sc3ccccc3N2CC)OC1=S. The summed E-state index contributed by atoms with van der Waals surface area (Å²) in [6, 6.07) is 8.09. The molecule has 20 heavy (non-hydrogen) atoms. The number of thioether (sulfide) groups is 1. The summed E-state index contributed by atoms with van der Waals surface area (Å²) in [5, 5.41) is 1.07. The molecule has 2 aliphatic heterocycles. The van der Waals surface area contributed by atoms with E-state index in [-0.39, 0.29) is 11.1 Å². The summed E-state index contributed by atoms with van der Waals surface area (Å²) in [4.78, 5) is 17.1. The summed E-state index contributed by atoms with van der Waals surface area (Å²) < 4.78 is 5.55. The number of carbonyl (C=O) groups is 1. The minimum absolute atomic E-state index is 0.147. The van der Waals surface area contributed by atoms with Crippen molar-refractivity contribution in [2.45, 2.75) is 18.7 Å². The van der Waals surface area contributed by atoms with Gasteiger partial charge in [0.15, 0.2) is 0 Å². The highest BCUT2D eigenvalue weighted by molar-refractivity contribution is 8.03. The predicted molar refractivity (Wildman–Crippen MR) is 83.4 cm³/mol. The lowest BCUT2D eigenvalue weighted by atomic mass is 10.3. The van der Waals surface area contributed by atoms with E-state index in [1.165, 1.54) is 4.90 Å². The Hall–Kier alpha value is -1.53. The van der Waals surface area contributed by atoms with Crippen LogP contribution in [0.2, 0.25) is 0 Å². The number of nitrogens with zero attached hydrogens (tertiary/aromatic N) is 2. The molecule has 3 rings (SSSR count). The number of fused-ring (bicyclic) bond motifs is 1. The Bertz CT molecular complexity index is 627. The van der Waals surface area contributed by atoms with Crippen molar-refractivity contribution in [3.05, 3.63) is 35.1 Å². The third-order valence-corrected chi connectivity index (χ3v) is 4.75. The summed E-state index contributed by atoms with van der Waals surface area (Å²) in [6.45, 7) is 5.24. The van der Waals surface area contributed by atoms with E-state index in [0.717, 1.165) is 22.2 Å². The summed E-state index contributed by atoms with van der Waals surface area (Å²) in [5.74, 6) is 0.200. The highest BCUT2D eigenvalue weighted by Crippen LogP contribution is 2.47. The molecule has 0 N–H and O–H groups in total. The zero-order valence-corrected chi connectivity index (χ0v) is 12.9. The molecule has 6 heteroatoms. The molecule has 0 spiro atoms. The van der Waals surface area contributed by atoms with E-state index >= 15 is 0 Å². The van der Waals surface area contributed by atoms with Crippen LogP contribution in [0.3, 0.4) is 0 Å². The van der Waals surface area contributed by atoms with Crippen LogP contribution >= 0.6 is 24.0 Å². The molecule has 2 heterocycles. The first kappa shape index (κ1) is 13.5. The van der Waals surface area contributed by atoms with Crippen LogP contribution in [0.25, 0.3) is 0 Å². The topological polar surface area (TPSA) is 32.8 Å². The van der Waals surface area contributed by atoms with Crippen LogP contribution in [0.15, 0.2) is 39.9 Å². The highest BCUT2D eigenvalue weighted by Gasteiger charge is 2.39. The average molecular weight is 306 g/mol. The van der Waals surface area contributed by atoms with Gasteiger partial charge in [-0.2, -0.15) is 0 Å². The van der Waals surface area contributed by atoms with Gasteiger partial charge < -0.3 is 9.64 Å². The Morgan fingerprint density at radius 1 is 1.20 bits per heavy atom. The van der Waals surface area contributed by atoms with Crippen LogP contribution in [-0.4, -0.2) is 29.1 Å². The molecule has 0 atom stereocenters. The average Bonchev–Trinajstić information content (AvgIpc) is 2.95. The lowest BCUT2D eigenvalue weighted by molar-refractivity contribution is -0.122. The molecule has 1 amide bonds. The first-order valence-electron chi connectivity index (χ1n) is 6.49. The maximum atomic E-state index is 12.4.